The van der Waals surface area contributed by atoms with Crippen molar-refractivity contribution in [3.63, 3.8) is 0 Å². The van der Waals surface area contributed by atoms with Gasteiger partial charge in [-0.3, -0.25) is 5.32 Å². The van der Waals surface area contributed by atoms with E-state index < -0.39 is 12.0 Å². The number of hydrogen-bond donors (Lipinski definition) is 2. The van der Waals surface area contributed by atoms with Crippen molar-refractivity contribution in [2.45, 2.75) is 6.92 Å². The van der Waals surface area contributed by atoms with E-state index in [0.717, 1.165) is 0 Å². The first-order valence-electron chi connectivity index (χ1n) is 6.45. The SMILES string of the molecule is CCOC(=O)c1ccnc(NC(=O)Nc2ccccc2)c1. The van der Waals surface area contributed by atoms with E-state index in [1.54, 1.807) is 19.1 Å². The maximum atomic E-state index is 11.8. The predicted molar refractivity (Wildman–Crippen MR) is 79.3 cm³/mol. The Bertz CT molecular complexity index is 629. The number of hydrogen-bond acceptors (Lipinski definition) is 4. The van der Waals surface area contributed by atoms with Gasteiger partial charge >= 0.3 is 12.0 Å². The molecule has 108 valence electrons. The minimum atomic E-state index is -0.452. The van der Waals surface area contributed by atoms with Gasteiger partial charge in [-0.15, -0.1) is 0 Å². The molecule has 0 saturated carbocycles. The largest absolute Gasteiger partial charge is 0.462 e. The third-order valence-corrected chi connectivity index (χ3v) is 2.54. The average Bonchev–Trinajstić information content (AvgIpc) is 2.48. The summed E-state index contributed by atoms with van der Waals surface area (Å²) in [7, 11) is 0. The van der Waals surface area contributed by atoms with Crippen LogP contribution in [0.4, 0.5) is 16.3 Å². The number of pyridine rings is 1. The zero-order valence-electron chi connectivity index (χ0n) is 11.5. The molecule has 0 saturated heterocycles. The lowest BCUT2D eigenvalue weighted by atomic mass is 10.2. The summed E-state index contributed by atoms with van der Waals surface area (Å²) in [6, 6.07) is 11.6. The van der Waals surface area contributed by atoms with Crippen molar-refractivity contribution in [1.82, 2.24) is 4.98 Å². The Balaban J connectivity index is 2.01. The lowest BCUT2D eigenvalue weighted by Crippen LogP contribution is -2.20. The summed E-state index contributed by atoms with van der Waals surface area (Å²) in [6.07, 6.45) is 1.43. The molecule has 0 atom stereocenters. The molecule has 2 aromatic rings. The highest BCUT2D eigenvalue weighted by atomic mass is 16.5. The highest BCUT2D eigenvalue weighted by molar-refractivity contribution is 6.00. The van der Waals surface area contributed by atoms with Crippen molar-refractivity contribution >= 4 is 23.5 Å². The first-order valence-corrected chi connectivity index (χ1v) is 6.45. The summed E-state index contributed by atoms with van der Waals surface area (Å²) in [5, 5.41) is 5.22. The normalized spacial score (nSPS) is 9.76. The molecular formula is C15H15N3O3. The first-order chi connectivity index (χ1) is 10.2. The summed E-state index contributed by atoms with van der Waals surface area (Å²) in [6.45, 7) is 2.02. The zero-order chi connectivity index (χ0) is 15.1. The molecule has 6 heteroatoms. The van der Waals surface area contributed by atoms with Gasteiger partial charge in [-0.25, -0.2) is 14.6 Å². The summed E-state index contributed by atoms with van der Waals surface area (Å²) in [5.41, 5.74) is 0.999. The van der Waals surface area contributed by atoms with Gasteiger partial charge in [0.1, 0.15) is 5.82 Å². The Kier molecular flexibility index (Phi) is 4.87. The monoisotopic (exact) mass is 285 g/mol. The van der Waals surface area contributed by atoms with Crippen LogP contribution in [-0.4, -0.2) is 23.6 Å². The van der Waals surface area contributed by atoms with Gasteiger partial charge in [0, 0.05) is 11.9 Å². The molecule has 0 unspecified atom stereocenters. The number of amides is 2. The Morgan fingerprint density at radius 1 is 1.14 bits per heavy atom. The van der Waals surface area contributed by atoms with E-state index in [1.165, 1.54) is 18.3 Å². The van der Waals surface area contributed by atoms with Crippen molar-refractivity contribution in [1.29, 1.82) is 0 Å². The fourth-order valence-corrected chi connectivity index (χ4v) is 1.64. The van der Waals surface area contributed by atoms with E-state index >= 15 is 0 Å². The Morgan fingerprint density at radius 2 is 1.90 bits per heavy atom. The van der Waals surface area contributed by atoms with Crippen LogP contribution < -0.4 is 10.6 Å². The van der Waals surface area contributed by atoms with Gasteiger partial charge in [0.25, 0.3) is 0 Å². The molecule has 0 bridgehead atoms. The molecule has 1 heterocycles. The van der Waals surface area contributed by atoms with E-state index in [0.29, 0.717) is 17.9 Å². The predicted octanol–water partition coefficient (Wildman–Crippen LogP) is 2.90. The van der Waals surface area contributed by atoms with Crippen molar-refractivity contribution < 1.29 is 14.3 Å². The van der Waals surface area contributed by atoms with Gasteiger partial charge in [-0.05, 0) is 31.2 Å². The summed E-state index contributed by atoms with van der Waals surface area (Å²) in [5.74, 6) is -0.180. The first kappa shape index (κ1) is 14.5. The highest BCUT2D eigenvalue weighted by Crippen LogP contribution is 2.10. The lowest BCUT2D eigenvalue weighted by molar-refractivity contribution is 0.0526. The van der Waals surface area contributed by atoms with Gasteiger partial charge in [0.2, 0.25) is 0 Å². The van der Waals surface area contributed by atoms with E-state index in [2.05, 4.69) is 15.6 Å². The molecule has 1 aromatic carbocycles. The third-order valence-electron chi connectivity index (χ3n) is 2.54. The molecule has 0 aliphatic rings. The number of esters is 1. The molecule has 0 radical (unpaired) electrons. The van der Waals surface area contributed by atoms with Crippen molar-refractivity contribution in [3.05, 3.63) is 54.2 Å². The van der Waals surface area contributed by atoms with E-state index in [-0.39, 0.29) is 5.82 Å². The number of nitrogens with one attached hydrogen (secondary N) is 2. The van der Waals surface area contributed by atoms with E-state index in [4.69, 9.17) is 4.74 Å². The fraction of sp³-hybridized carbons (Fsp3) is 0.133. The molecule has 1 aromatic heterocycles. The number of ether oxygens (including phenoxy) is 1. The van der Waals surface area contributed by atoms with Crippen molar-refractivity contribution in [3.8, 4) is 0 Å². The number of anilines is 2. The lowest BCUT2D eigenvalue weighted by Gasteiger charge is -2.08. The Labute approximate surface area is 122 Å². The molecule has 2 amide bonds. The molecule has 6 nitrogen and oxygen atoms in total. The molecule has 0 fully saturated rings. The molecule has 0 aliphatic carbocycles. The van der Waals surface area contributed by atoms with Crippen LogP contribution in [0.1, 0.15) is 17.3 Å². The minimum absolute atomic E-state index is 0.272. The van der Waals surface area contributed by atoms with Gasteiger partial charge in [0.05, 0.1) is 12.2 Å². The number of rotatable bonds is 4. The standard InChI is InChI=1S/C15H15N3O3/c1-2-21-14(19)11-8-9-16-13(10-11)18-15(20)17-12-6-4-3-5-7-12/h3-10H,2H2,1H3,(H2,16,17,18,20). The van der Waals surface area contributed by atoms with Crippen LogP contribution in [-0.2, 0) is 4.74 Å². The van der Waals surface area contributed by atoms with E-state index in [1.807, 2.05) is 18.2 Å². The number of carbonyl (C=O) groups is 2. The minimum Gasteiger partial charge on any atom is -0.462 e. The van der Waals surface area contributed by atoms with Crippen LogP contribution in [0.25, 0.3) is 0 Å². The van der Waals surface area contributed by atoms with Crippen LogP contribution in [0.2, 0.25) is 0 Å². The van der Waals surface area contributed by atoms with Crippen LogP contribution in [0.15, 0.2) is 48.7 Å². The van der Waals surface area contributed by atoms with Crippen LogP contribution in [0.3, 0.4) is 0 Å². The van der Waals surface area contributed by atoms with Crippen LogP contribution in [0, 0.1) is 0 Å². The smallest absolute Gasteiger partial charge is 0.338 e. The van der Waals surface area contributed by atoms with Crippen molar-refractivity contribution in [2.75, 3.05) is 17.2 Å². The van der Waals surface area contributed by atoms with Crippen molar-refractivity contribution in [2.24, 2.45) is 0 Å². The second-order valence-corrected chi connectivity index (χ2v) is 4.10. The quantitative estimate of drug-likeness (QED) is 0.846. The molecule has 0 spiro atoms. The van der Waals surface area contributed by atoms with Gasteiger partial charge in [-0.2, -0.15) is 0 Å². The summed E-state index contributed by atoms with van der Waals surface area (Å²) >= 11 is 0. The Hall–Kier alpha value is -2.89. The topological polar surface area (TPSA) is 80.3 Å². The molecule has 0 aliphatic heterocycles. The average molecular weight is 285 g/mol. The number of carbonyl (C=O) groups excluding carboxylic acids is 2. The second-order valence-electron chi connectivity index (χ2n) is 4.10. The number of nitrogens with zero attached hydrogens (tertiary/aromatic N) is 1. The number of benzene rings is 1. The maximum Gasteiger partial charge on any atom is 0.338 e. The fourth-order valence-electron chi connectivity index (χ4n) is 1.64. The number of urea groups is 1. The van der Waals surface area contributed by atoms with Gasteiger partial charge in [0.15, 0.2) is 0 Å². The van der Waals surface area contributed by atoms with Gasteiger partial charge < -0.3 is 10.1 Å². The zero-order valence-corrected chi connectivity index (χ0v) is 11.5. The van der Waals surface area contributed by atoms with E-state index in [9.17, 15) is 9.59 Å². The van der Waals surface area contributed by atoms with Gasteiger partial charge in [-0.1, -0.05) is 18.2 Å². The number of aromatic nitrogens is 1. The molecule has 21 heavy (non-hydrogen) atoms. The Morgan fingerprint density at radius 3 is 2.62 bits per heavy atom. The van der Waals surface area contributed by atoms with Crippen LogP contribution in [0.5, 0.6) is 0 Å². The summed E-state index contributed by atoms with van der Waals surface area (Å²) in [4.78, 5) is 27.4. The number of para-hydroxylation sites is 1. The maximum absolute atomic E-state index is 11.8. The molecule has 2 rings (SSSR count). The highest BCUT2D eigenvalue weighted by Gasteiger charge is 2.09. The summed E-state index contributed by atoms with van der Waals surface area (Å²) < 4.78 is 4.89. The molecule has 2 N–H and O–H groups in total. The second kappa shape index (κ2) is 7.04. The molecular weight excluding hydrogens is 270 g/mol. The third kappa shape index (κ3) is 4.31. The van der Waals surface area contributed by atoms with Crippen LogP contribution >= 0.6 is 0 Å².